The van der Waals surface area contributed by atoms with Gasteiger partial charge in [-0.1, -0.05) is 58.0 Å². The average molecular weight is 557 g/mol. The van der Waals surface area contributed by atoms with Crippen molar-refractivity contribution in [2.75, 3.05) is 10.6 Å². The molecule has 0 heterocycles. The first-order valence-electron chi connectivity index (χ1n) is 8.41. The van der Waals surface area contributed by atoms with Crippen molar-refractivity contribution >= 4 is 85.5 Å². The molecule has 3 aromatic carbocycles. The Morgan fingerprint density at radius 2 is 1.44 bits per heavy atom. The van der Waals surface area contributed by atoms with E-state index in [0.717, 1.165) is 12.1 Å². The highest BCUT2D eigenvalue weighted by atomic mass is 35.5. The van der Waals surface area contributed by atoms with Gasteiger partial charge in [0.1, 0.15) is 16.4 Å². The van der Waals surface area contributed by atoms with Gasteiger partial charge in [-0.05, 0) is 42.5 Å². The Bertz CT molecular complexity index is 1320. The van der Waals surface area contributed by atoms with Crippen LogP contribution in [0.4, 0.5) is 16.2 Å². The molecule has 3 rings (SSSR count). The Balaban J connectivity index is 1.76. The third-order valence-electron chi connectivity index (χ3n) is 3.86. The molecule has 0 saturated carbocycles. The van der Waals surface area contributed by atoms with Gasteiger partial charge in [-0.3, -0.25) is 4.55 Å². The van der Waals surface area contributed by atoms with Gasteiger partial charge in [-0.15, -0.1) is 0 Å². The molecule has 0 radical (unpaired) electrons. The number of carbonyl (C=O) groups excluding carboxylic acids is 1. The maximum absolute atomic E-state index is 12.3. The van der Waals surface area contributed by atoms with E-state index in [1.54, 1.807) is 12.1 Å². The highest BCUT2D eigenvalue weighted by molar-refractivity contribution is 7.86. The normalized spacial score (nSPS) is 11.2. The van der Waals surface area contributed by atoms with Crippen LogP contribution in [0.1, 0.15) is 0 Å². The summed E-state index contributed by atoms with van der Waals surface area (Å²) in [5.41, 5.74) is -0.00692. The minimum atomic E-state index is -4.68. The molecular weight excluding hydrogens is 546 g/mol. The standard InChI is InChI=1S/C19H11Cl5N2O5S/c20-11-3-2-10(6-12(11)21)31-17-4-1-9(5-15(17)24)25-19(27)26-16-7-13(22)14(23)8-18(16)32(28,29)30/h1-8H,(H2,25,26,27)(H,28,29,30). The van der Waals surface area contributed by atoms with E-state index in [9.17, 15) is 17.8 Å². The lowest BCUT2D eigenvalue weighted by atomic mass is 10.3. The number of rotatable bonds is 5. The fourth-order valence-electron chi connectivity index (χ4n) is 2.45. The van der Waals surface area contributed by atoms with Crippen molar-refractivity contribution in [2.24, 2.45) is 0 Å². The molecule has 7 nitrogen and oxygen atoms in total. The molecule has 2 amide bonds. The Morgan fingerprint density at radius 1 is 0.781 bits per heavy atom. The van der Waals surface area contributed by atoms with Crippen molar-refractivity contribution in [3.05, 3.63) is 73.6 Å². The largest absolute Gasteiger partial charge is 0.456 e. The highest BCUT2D eigenvalue weighted by Gasteiger charge is 2.20. The first-order chi connectivity index (χ1) is 14.9. The number of anilines is 2. The van der Waals surface area contributed by atoms with E-state index >= 15 is 0 Å². The quantitative estimate of drug-likeness (QED) is 0.280. The van der Waals surface area contributed by atoms with E-state index in [1.807, 2.05) is 0 Å². The topological polar surface area (TPSA) is 105 Å². The Labute approximate surface area is 207 Å². The second kappa shape index (κ2) is 9.93. The van der Waals surface area contributed by atoms with Crippen molar-refractivity contribution in [3.8, 4) is 11.5 Å². The Hall–Kier alpha value is -1.91. The van der Waals surface area contributed by atoms with Crippen molar-refractivity contribution < 1.29 is 22.5 Å². The maximum atomic E-state index is 12.3. The predicted molar refractivity (Wildman–Crippen MR) is 127 cm³/mol. The van der Waals surface area contributed by atoms with Crippen molar-refractivity contribution in [1.29, 1.82) is 0 Å². The fraction of sp³-hybridized carbons (Fsp3) is 0. The SMILES string of the molecule is O=C(Nc1ccc(Oc2ccc(Cl)c(Cl)c2)c(Cl)c1)Nc1cc(Cl)c(Cl)cc1S(=O)(=O)O. The number of amides is 2. The third-order valence-corrected chi connectivity index (χ3v) is 6.51. The second-order valence-corrected chi connectivity index (χ2v) is 9.57. The highest BCUT2D eigenvalue weighted by Crippen LogP contribution is 2.35. The number of ether oxygens (including phenoxy) is 1. The Morgan fingerprint density at radius 3 is 2.06 bits per heavy atom. The van der Waals surface area contributed by atoms with Gasteiger partial charge in [-0.25, -0.2) is 4.79 Å². The van der Waals surface area contributed by atoms with E-state index in [4.69, 9.17) is 62.7 Å². The lowest BCUT2D eigenvalue weighted by Gasteiger charge is -2.13. The summed E-state index contributed by atoms with van der Waals surface area (Å²) in [7, 11) is -4.68. The van der Waals surface area contributed by atoms with E-state index in [1.165, 1.54) is 24.3 Å². The number of benzene rings is 3. The molecule has 0 aromatic heterocycles. The zero-order chi connectivity index (χ0) is 23.6. The van der Waals surface area contributed by atoms with Crippen LogP contribution < -0.4 is 15.4 Å². The molecular formula is C19H11Cl5N2O5S. The summed E-state index contributed by atoms with van der Waals surface area (Å²) in [6.07, 6.45) is 0. The van der Waals surface area contributed by atoms with Crippen LogP contribution in [0.5, 0.6) is 11.5 Å². The van der Waals surface area contributed by atoms with E-state index < -0.39 is 21.0 Å². The van der Waals surface area contributed by atoms with E-state index in [-0.39, 0.29) is 32.2 Å². The van der Waals surface area contributed by atoms with Crippen LogP contribution in [-0.4, -0.2) is 19.0 Å². The number of urea groups is 1. The van der Waals surface area contributed by atoms with Gasteiger partial charge in [0.25, 0.3) is 10.1 Å². The summed E-state index contributed by atoms with van der Waals surface area (Å²) in [5, 5.41) is 5.46. The van der Waals surface area contributed by atoms with E-state index in [2.05, 4.69) is 10.6 Å². The first-order valence-corrected chi connectivity index (χ1v) is 11.7. The molecule has 168 valence electrons. The van der Waals surface area contributed by atoms with Crippen molar-refractivity contribution in [2.45, 2.75) is 4.90 Å². The Kier molecular flexibility index (Phi) is 7.67. The summed E-state index contributed by atoms with van der Waals surface area (Å²) in [6, 6.07) is 10.3. The predicted octanol–water partition coefficient (Wildman–Crippen LogP) is 7.64. The first kappa shape index (κ1) is 24.7. The molecule has 32 heavy (non-hydrogen) atoms. The van der Waals surface area contributed by atoms with Crippen LogP contribution in [0.2, 0.25) is 25.1 Å². The monoisotopic (exact) mass is 554 g/mol. The van der Waals surface area contributed by atoms with Gasteiger partial charge < -0.3 is 15.4 Å². The maximum Gasteiger partial charge on any atom is 0.323 e. The molecule has 0 saturated heterocycles. The summed E-state index contributed by atoms with van der Waals surface area (Å²) >= 11 is 29.7. The number of nitrogens with one attached hydrogen (secondary N) is 2. The molecule has 0 bridgehead atoms. The van der Waals surface area contributed by atoms with Gasteiger partial charge >= 0.3 is 6.03 Å². The minimum Gasteiger partial charge on any atom is -0.456 e. The number of halogens is 5. The molecule has 13 heteroatoms. The molecule has 0 spiro atoms. The third kappa shape index (κ3) is 6.11. The number of hydrogen-bond acceptors (Lipinski definition) is 4. The van der Waals surface area contributed by atoms with Crippen LogP contribution in [0.3, 0.4) is 0 Å². The lowest BCUT2D eigenvalue weighted by molar-refractivity contribution is 0.262. The molecule has 3 aromatic rings. The molecule has 0 aliphatic carbocycles. The van der Waals surface area contributed by atoms with Crippen LogP contribution in [0.15, 0.2) is 53.4 Å². The van der Waals surface area contributed by atoms with Gasteiger partial charge in [0, 0.05) is 11.8 Å². The zero-order valence-corrected chi connectivity index (χ0v) is 20.1. The molecule has 0 unspecified atom stereocenters. The average Bonchev–Trinajstić information content (AvgIpc) is 2.68. The molecule has 0 aliphatic heterocycles. The van der Waals surface area contributed by atoms with Gasteiger partial charge in [-0.2, -0.15) is 8.42 Å². The molecule has 3 N–H and O–H groups in total. The number of hydrogen-bond donors (Lipinski definition) is 3. The summed E-state index contributed by atoms with van der Waals surface area (Å²) in [6.45, 7) is 0. The molecule has 0 atom stereocenters. The fourth-order valence-corrected chi connectivity index (χ4v) is 4.01. The molecule has 0 aliphatic rings. The second-order valence-electron chi connectivity index (χ2n) is 6.14. The number of carbonyl (C=O) groups is 1. The van der Waals surface area contributed by atoms with E-state index in [0.29, 0.717) is 15.8 Å². The summed E-state index contributed by atoms with van der Waals surface area (Å²) in [5.74, 6) is 0.686. The zero-order valence-electron chi connectivity index (χ0n) is 15.5. The molecule has 0 fully saturated rings. The van der Waals surface area contributed by atoms with Crippen molar-refractivity contribution in [1.82, 2.24) is 0 Å². The van der Waals surface area contributed by atoms with Crippen molar-refractivity contribution in [3.63, 3.8) is 0 Å². The smallest absolute Gasteiger partial charge is 0.323 e. The van der Waals surface area contributed by atoms with Gasteiger partial charge in [0.05, 0.1) is 30.8 Å². The van der Waals surface area contributed by atoms with Gasteiger partial charge in [0.2, 0.25) is 0 Å². The summed E-state index contributed by atoms with van der Waals surface area (Å²) in [4.78, 5) is 11.7. The van der Waals surface area contributed by atoms with Crippen LogP contribution in [-0.2, 0) is 10.1 Å². The van der Waals surface area contributed by atoms with Gasteiger partial charge in [0.15, 0.2) is 0 Å². The minimum absolute atomic E-state index is 0.0267. The van der Waals surface area contributed by atoms with Crippen LogP contribution in [0, 0.1) is 0 Å². The van der Waals surface area contributed by atoms with Crippen LogP contribution >= 0.6 is 58.0 Å². The van der Waals surface area contributed by atoms with Crippen LogP contribution in [0.25, 0.3) is 0 Å². The lowest BCUT2D eigenvalue weighted by Crippen LogP contribution is -2.21. The summed E-state index contributed by atoms with van der Waals surface area (Å²) < 4.78 is 38.1.